The van der Waals surface area contributed by atoms with Crippen molar-refractivity contribution in [2.45, 2.75) is 86.0 Å². The van der Waals surface area contributed by atoms with Crippen molar-refractivity contribution in [1.82, 2.24) is 0 Å². The van der Waals surface area contributed by atoms with E-state index in [1.807, 2.05) is 13.0 Å². The fraction of sp³-hybridized carbons (Fsp3) is 0.739. The Balaban J connectivity index is 2.05. The van der Waals surface area contributed by atoms with Crippen molar-refractivity contribution in [2.24, 2.45) is 22.7 Å². The second kappa shape index (κ2) is 6.52. The normalized spacial score (nSPS) is 34.3. The number of fused-ring (bicyclic) bond motifs is 2. The van der Waals surface area contributed by atoms with Gasteiger partial charge < -0.3 is 0 Å². The van der Waals surface area contributed by atoms with Gasteiger partial charge in [0, 0.05) is 10.8 Å². The van der Waals surface area contributed by atoms with E-state index in [-0.39, 0.29) is 16.6 Å². The minimum absolute atomic E-state index is 0.112. The average molecular weight is 343 g/mol. The molecule has 1 saturated carbocycles. The Bertz CT molecular complexity index is 649. The minimum Gasteiger partial charge on any atom is -0.299 e. The zero-order chi connectivity index (χ0) is 18.4. The lowest BCUT2D eigenvalue weighted by Crippen LogP contribution is -2.46. The Morgan fingerprint density at radius 2 is 1.96 bits per heavy atom. The van der Waals surface area contributed by atoms with Crippen molar-refractivity contribution >= 4 is 11.6 Å². The zero-order valence-corrected chi connectivity index (χ0v) is 16.7. The van der Waals surface area contributed by atoms with Gasteiger partial charge in [-0.3, -0.25) is 9.59 Å². The molecule has 1 fully saturated rings. The van der Waals surface area contributed by atoms with E-state index in [0.717, 1.165) is 51.4 Å². The van der Waals surface area contributed by atoms with Crippen molar-refractivity contribution in [3.8, 4) is 0 Å². The lowest BCUT2D eigenvalue weighted by atomic mass is 9.52. The molecule has 0 aromatic rings. The fourth-order valence-corrected chi connectivity index (χ4v) is 6.09. The monoisotopic (exact) mass is 342 g/mol. The summed E-state index contributed by atoms with van der Waals surface area (Å²) < 4.78 is 0. The molecule has 0 aliphatic heterocycles. The van der Waals surface area contributed by atoms with E-state index in [1.165, 1.54) is 11.1 Å². The molecule has 2 nitrogen and oxygen atoms in total. The number of carbonyl (C=O) groups excluding carboxylic acids is 2. The van der Waals surface area contributed by atoms with Crippen LogP contribution in [-0.4, -0.2) is 11.6 Å². The number of carbonyl (C=O) groups is 2. The molecule has 3 aliphatic carbocycles. The molecule has 0 aromatic heterocycles. The smallest absolute Gasteiger partial charge is 0.161 e. The molecule has 0 N–H and O–H groups in total. The molecule has 3 rings (SSSR count). The third-order valence-corrected chi connectivity index (χ3v) is 7.41. The Hall–Kier alpha value is -1.18. The van der Waals surface area contributed by atoms with E-state index in [9.17, 15) is 9.59 Å². The maximum Gasteiger partial charge on any atom is 0.161 e. The van der Waals surface area contributed by atoms with Gasteiger partial charge in [0.25, 0.3) is 0 Å². The Morgan fingerprint density at radius 3 is 2.56 bits per heavy atom. The summed E-state index contributed by atoms with van der Waals surface area (Å²) in [6, 6.07) is 0. The molecule has 0 bridgehead atoms. The highest BCUT2D eigenvalue weighted by Gasteiger charge is 2.51. The van der Waals surface area contributed by atoms with Crippen molar-refractivity contribution in [1.29, 1.82) is 0 Å². The van der Waals surface area contributed by atoms with Crippen LogP contribution in [0.1, 0.15) is 86.0 Å². The molecule has 0 heterocycles. The maximum atomic E-state index is 12.7. The molecule has 2 heteroatoms. The molecule has 3 aliphatic rings. The van der Waals surface area contributed by atoms with Crippen LogP contribution in [0.3, 0.4) is 0 Å². The first-order valence-electron chi connectivity index (χ1n) is 10.2. The molecule has 0 saturated heterocycles. The molecule has 138 valence electrons. The van der Waals surface area contributed by atoms with Crippen LogP contribution in [0, 0.1) is 22.7 Å². The Morgan fingerprint density at radius 1 is 1.24 bits per heavy atom. The lowest BCUT2D eigenvalue weighted by Gasteiger charge is -2.51. The zero-order valence-electron chi connectivity index (χ0n) is 16.7. The van der Waals surface area contributed by atoms with Gasteiger partial charge >= 0.3 is 0 Å². The Kier molecular flexibility index (Phi) is 4.85. The third-order valence-electron chi connectivity index (χ3n) is 7.41. The molecule has 0 unspecified atom stereocenters. The summed E-state index contributed by atoms with van der Waals surface area (Å²) in [7, 11) is 0. The van der Waals surface area contributed by atoms with Crippen molar-refractivity contribution in [2.75, 3.05) is 0 Å². The standard InChI is InChI=1S/C23H34O2/c1-6-11-23(15(3)24)12-10-17-18(20(23)7-2)9-8-16-13-21(25)22(4,5)14-19(16)17/h13,18,20H,6-12,14H2,1-5H3/t18-,20+,23-/m1/s1. The van der Waals surface area contributed by atoms with E-state index in [0.29, 0.717) is 17.6 Å². The first-order chi connectivity index (χ1) is 11.8. The van der Waals surface area contributed by atoms with Gasteiger partial charge in [-0.25, -0.2) is 0 Å². The number of hydrogen-bond acceptors (Lipinski definition) is 2. The maximum absolute atomic E-state index is 12.7. The van der Waals surface area contributed by atoms with Gasteiger partial charge in [-0.05, 0) is 74.5 Å². The molecular weight excluding hydrogens is 308 g/mol. The molecule has 0 radical (unpaired) electrons. The molecular formula is C23H34O2. The van der Waals surface area contributed by atoms with Crippen LogP contribution >= 0.6 is 0 Å². The molecule has 0 spiro atoms. The van der Waals surface area contributed by atoms with Crippen molar-refractivity contribution < 1.29 is 9.59 Å². The van der Waals surface area contributed by atoms with Crippen LogP contribution in [0.15, 0.2) is 22.8 Å². The van der Waals surface area contributed by atoms with E-state index in [4.69, 9.17) is 0 Å². The predicted molar refractivity (Wildman–Crippen MR) is 102 cm³/mol. The number of hydrogen-bond donors (Lipinski definition) is 0. The summed E-state index contributed by atoms with van der Waals surface area (Å²) in [4.78, 5) is 25.1. The van der Waals surface area contributed by atoms with E-state index in [1.54, 1.807) is 5.57 Å². The van der Waals surface area contributed by atoms with Crippen LogP contribution in [0.5, 0.6) is 0 Å². The second-order valence-electron chi connectivity index (χ2n) is 9.22. The molecule has 0 aromatic carbocycles. The first-order valence-corrected chi connectivity index (χ1v) is 10.2. The summed E-state index contributed by atoms with van der Waals surface area (Å²) >= 11 is 0. The highest BCUT2D eigenvalue weighted by atomic mass is 16.1. The van der Waals surface area contributed by atoms with Gasteiger partial charge in [0.2, 0.25) is 0 Å². The number of allylic oxidation sites excluding steroid dienone is 4. The highest BCUT2D eigenvalue weighted by molar-refractivity contribution is 5.97. The summed E-state index contributed by atoms with van der Waals surface area (Å²) in [6.07, 6.45) is 10.2. The summed E-state index contributed by atoms with van der Waals surface area (Å²) in [5, 5.41) is 0. The molecule has 0 amide bonds. The minimum atomic E-state index is -0.270. The highest BCUT2D eigenvalue weighted by Crippen LogP contribution is 2.57. The molecule has 25 heavy (non-hydrogen) atoms. The third kappa shape index (κ3) is 2.86. The quantitative estimate of drug-likeness (QED) is 0.645. The average Bonchev–Trinajstić information content (AvgIpc) is 2.55. The van der Waals surface area contributed by atoms with Crippen LogP contribution in [0.4, 0.5) is 0 Å². The first kappa shape index (κ1) is 18.6. The number of ketones is 2. The second-order valence-corrected chi connectivity index (χ2v) is 9.22. The van der Waals surface area contributed by atoms with Gasteiger partial charge in [-0.1, -0.05) is 46.1 Å². The van der Waals surface area contributed by atoms with Crippen LogP contribution < -0.4 is 0 Å². The van der Waals surface area contributed by atoms with Gasteiger partial charge in [0.15, 0.2) is 5.78 Å². The van der Waals surface area contributed by atoms with Crippen LogP contribution in [0.25, 0.3) is 0 Å². The molecule has 3 atom stereocenters. The van der Waals surface area contributed by atoms with Crippen molar-refractivity contribution in [3.05, 3.63) is 22.8 Å². The van der Waals surface area contributed by atoms with E-state index in [2.05, 4.69) is 27.7 Å². The van der Waals surface area contributed by atoms with Crippen LogP contribution in [-0.2, 0) is 9.59 Å². The summed E-state index contributed by atoms with van der Waals surface area (Å²) in [5.74, 6) is 1.72. The van der Waals surface area contributed by atoms with E-state index < -0.39 is 0 Å². The van der Waals surface area contributed by atoms with Gasteiger partial charge in [-0.2, -0.15) is 0 Å². The van der Waals surface area contributed by atoms with Crippen molar-refractivity contribution in [3.63, 3.8) is 0 Å². The van der Waals surface area contributed by atoms with Crippen LogP contribution in [0.2, 0.25) is 0 Å². The lowest BCUT2D eigenvalue weighted by molar-refractivity contribution is -0.134. The van der Waals surface area contributed by atoms with Gasteiger partial charge in [0.05, 0.1) is 0 Å². The number of Topliss-reactive ketones (excluding diaryl/α,β-unsaturated/α-hetero) is 1. The number of rotatable bonds is 4. The van der Waals surface area contributed by atoms with E-state index >= 15 is 0 Å². The fourth-order valence-electron chi connectivity index (χ4n) is 6.09. The summed E-state index contributed by atoms with van der Waals surface area (Å²) in [5.41, 5.74) is 4.00. The van der Waals surface area contributed by atoms with Gasteiger partial charge in [-0.15, -0.1) is 0 Å². The predicted octanol–water partition coefficient (Wildman–Crippen LogP) is 5.81. The Labute approximate surface area is 153 Å². The largest absolute Gasteiger partial charge is 0.299 e. The topological polar surface area (TPSA) is 34.1 Å². The van der Waals surface area contributed by atoms with Gasteiger partial charge in [0.1, 0.15) is 5.78 Å². The summed E-state index contributed by atoms with van der Waals surface area (Å²) in [6.45, 7) is 10.5. The SMILES string of the molecule is CCC[C@]1(C(C)=O)CCC2=C3CC(C)(C)C(=O)C=C3CC[C@H]2[C@@H]1CC.